The third-order valence-corrected chi connectivity index (χ3v) is 6.11. The first kappa shape index (κ1) is 24.9. The molecule has 1 atom stereocenters. The summed E-state index contributed by atoms with van der Waals surface area (Å²) in [5.74, 6) is 0.801. The smallest absolute Gasteiger partial charge is 0.227 e. The molecule has 3 rings (SSSR count). The second kappa shape index (κ2) is 12.5. The Bertz CT molecular complexity index is 876. The SMILES string of the molecule is CC(=O)NC1(c2noc(CCC(=O)NCCCOC(C)c3ccccc3)n2)CCCCCC1. The number of amides is 2. The summed E-state index contributed by atoms with van der Waals surface area (Å²) in [6, 6.07) is 10.1. The first-order valence-electron chi connectivity index (χ1n) is 12.0. The van der Waals surface area contributed by atoms with Crippen molar-refractivity contribution in [2.24, 2.45) is 0 Å². The van der Waals surface area contributed by atoms with E-state index in [1.54, 1.807) is 0 Å². The van der Waals surface area contributed by atoms with E-state index in [9.17, 15) is 9.59 Å². The number of nitrogens with one attached hydrogen (secondary N) is 2. The number of rotatable bonds is 11. The van der Waals surface area contributed by atoms with Crippen molar-refractivity contribution in [1.29, 1.82) is 0 Å². The first-order chi connectivity index (χ1) is 16.0. The van der Waals surface area contributed by atoms with Crippen LogP contribution in [-0.4, -0.2) is 35.1 Å². The molecule has 1 aromatic heterocycles. The van der Waals surface area contributed by atoms with Crippen LogP contribution in [0.2, 0.25) is 0 Å². The minimum atomic E-state index is -0.566. The topological polar surface area (TPSA) is 106 Å². The maximum absolute atomic E-state index is 12.2. The van der Waals surface area contributed by atoms with Crippen LogP contribution in [0.15, 0.2) is 34.9 Å². The molecule has 1 fully saturated rings. The third-order valence-electron chi connectivity index (χ3n) is 6.11. The lowest BCUT2D eigenvalue weighted by Crippen LogP contribution is -2.45. The van der Waals surface area contributed by atoms with Gasteiger partial charge in [0.2, 0.25) is 17.7 Å². The van der Waals surface area contributed by atoms with Gasteiger partial charge in [0.25, 0.3) is 0 Å². The molecule has 33 heavy (non-hydrogen) atoms. The number of aromatic nitrogens is 2. The molecule has 1 aromatic carbocycles. The van der Waals surface area contributed by atoms with Crippen molar-refractivity contribution in [3.63, 3.8) is 0 Å². The van der Waals surface area contributed by atoms with Gasteiger partial charge in [0, 0.05) is 32.9 Å². The van der Waals surface area contributed by atoms with E-state index < -0.39 is 5.54 Å². The summed E-state index contributed by atoms with van der Waals surface area (Å²) in [5, 5.41) is 10.1. The predicted octanol–water partition coefficient (Wildman–Crippen LogP) is 3.97. The van der Waals surface area contributed by atoms with Gasteiger partial charge in [-0.2, -0.15) is 4.98 Å². The van der Waals surface area contributed by atoms with Gasteiger partial charge in [0.05, 0.1) is 6.10 Å². The number of carbonyl (C=O) groups is 2. The molecule has 1 heterocycles. The Morgan fingerprint density at radius 3 is 2.58 bits per heavy atom. The van der Waals surface area contributed by atoms with Crippen LogP contribution in [0.3, 0.4) is 0 Å². The maximum atomic E-state index is 12.2. The summed E-state index contributed by atoms with van der Waals surface area (Å²) in [4.78, 5) is 28.6. The lowest BCUT2D eigenvalue weighted by molar-refractivity contribution is -0.122. The Morgan fingerprint density at radius 2 is 1.88 bits per heavy atom. The van der Waals surface area contributed by atoms with Gasteiger partial charge in [-0.05, 0) is 31.7 Å². The number of nitrogens with zero attached hydrogens (tertiary/aromatic N) is 2. The Labute approximate surface area is 195 Å². The van der Waals surface area contributed by atoms with Crippen molar-refractivity contribution in [2.45, 2.75) is 83.3 Å². The molecule has 2 amide bonds. The Hall–Kier alpha value is -2.74. The molecule has 0 radical (unpaired) electrons. The fourth-order valence-electron chi connectivity index (χ4n) is 4.31. The summed E-state index contributed by atoms with van der Waals surface area (Å²) >= 11 is 0. The summed E-state index contributed by atoms with van der Waals surface area (Å²) in [5.41, 5.74) is 0.577. The lowest BCUT2D eigenvalue weighted by atomic mass is 9.89. The van der Waals surface area contributed by atoms with Gasteiger partial charge >= 0.3 is 0 Å². The lowest BCUT2D eigenvalue weighted by Gasteiger charge is -2.30. The van der Waals surface area contributed by atoms with Gasteiger partial charge in [-0.25, -0.2) is 0 Å². The summed E-state index contributed by atoms with van der Waals surface area (Å²) < 4.78 is 11.2. The summed E-state index contributed by atoms with van der Waals surface area (Å²) in [7, 11) is 0. The average molecular weight is 457 g/mol. The van der Waals surface area contributed by atoms with Crippen molar-refractivity contribution >= 4 is 11.8 Å². The van der Waals surface area contributed by atoms with E-state index in [-0.39, 0.29) is 24.3 Å². The van der Waals surface area contributed by atoms with E-state index in [2.05, 4.69) is 20.8 Å². The highest BCUT2D eigenvalue weighted by atomic mass is 16.5. The van der Waals surface area contributed by atoms with E-state index >= 15 is 0 Å². The molecule has 1 unspecified atom stereocenters. The number of benzene rings is 1. The van der Waals surface area contributed by atoms with Crippen LogP contribution >= 0.6 is 0 Å². The van der Waals surface area contributed by atoms with Crippen molar-refractivity contribution in [3.05, 3.63) is 47.6 Å². The van der Waals surface area contributed by atoms with E-state index in [1.807, 2.05) is 37.3 Å². The summed E-state index contributed by atoms with van der Waals surface area (Å²) in [6.45, 7) is 4.68. The molecule has 1 aliphatic carbocycles. The third kappa shape index (κ3) is 7.67. The second-order valence-electron chi connectivity index (χ2n) is 8.82. The standard InChI is InChI=1S/C25H36N4O4/c1-19(21-11-6-5-7-12-21)32-18-10-17-26-22(31)13-14-23-27-24(29-33-23)25(28-20(2)30)15-8-3-4-9-16-25/h5-7,11-12,19H,3-4,8-10,13-18H2,1-2H3,(H,26,31)(H,28,30). The Kier molecular flexibility index (Phi) is 9.42. The van der Waals surface area contributed by atoms with E-state index in [0.717, 1.165) is 50.5 Å². The highest BCUT2D eigenvalue weighted by molar-refractivity contribution is 5.76. The minimum Gasteiger partial charge on any atom is -0.374 e. The fraction of sp³-hybridized carbons (Fsp3) is 0.600. The van der Waals surface area contributed by atoms with E-state index in [1.165, 1.54) is 6.92 Å². The van der Waals surface area contributed by atoms with Crippen molar-refractivity contribution in [1.82, 2.24) is 20.8 Å². The van der Waals surface area contributed by atoms with E-state index in [4.69, 9.17) is 9.26 Å². The number of carbonyl (C=O) groups excluding carboxylic acids is 2. The normalized spacial score (nSPS) is 16.5. The van der Waals surface area contributed by atoms with Crippen LogP contribution in [0.5, 0.6) is 0 Å². The minimum absolute atomic E-state index is 0.0304. The number of ether oxygens (including phenoxy) is 1. The molecule has 8 heteroatoms. The van der Waals surface area contributed by atoms with Gasteiger partial charge in [-0.15, -0.1) is 0 Å². The average Bonchev–Trinajstić information content (AvgIpc) is 3.17. The van der Waals surface area contributed by atoms with Gasteiger partial charge in [0.15, 0.2) is 5.82 Å². The van der Waals surface area contributed by atoms with Gasteiger partial charge in [0.1, 0.15) is 5.54 Å². The summed E-state index contributed by atoms with van der Waals surface area (Å²) in [6.07, 6.45) is 7.34. The van der Waals surface area contributed by atoms with Crippen LogP contribution in [-0.2, 0) is 26.3 Å². The maximum Gasteiger partial charge on any atom is 0.227 e. The molecule has 0 spiro atoms. The van der Waals surface area contributed by atoms with Crippen LogP contribution in [0, 0.1) is 0 Å². The van der Waals surface area contributed by atoms with Crippen LogP contribution in [0.25, 0.3) is 0 Å². The monoisotopic (exact) mass is 456 g/mol. The first-order valence-corrected chi connectivity index (χ1v) is 12.0. The van der Waals surface area contributed by atoms with Gasteiger partial charge in [-0.3, -0.25) is 9.59 Å². The van der Waals surface area contributed by atoms with E-state index in [0.29, 0.717) is 31.3 Å². The molecular weight excluding hydrogens is 420 g/mol. The second-order valence-corrected chi connectivity index (χ2v) is 8.82. The molecule has 1 aliphatic rings. The quantitative estimate of drug-likeness (QED) is 0.391. The van der Waals surface area contributed by atoms with Crippen LogP contribution in [0.1, 0.15) is 88.6 Å². The zero-order valence-electron chi connectivity index (χ0n) is 19.8. The van der Waals surface area contributed by atoms with Crippen molar-refractivity contribution in [3.8, 4) is 0 Å². The van der Waals surface area contributed by atoms with Crippen molar-refractivity contribution in [2.75, 3.05) is 13.2 Å². The zero-order valence-corrected chi connectivity index (χ0v) is 19.8. The Morgan fingerprint density at radius 1 is 1.15 bits per heavy atom. The molecule has 1 saturated carbocycles. The highest BCUT2D eigenvalue weighted by Gasteiger charge is 2.38. The number of hydrogen-bond donors (Lipinski definition) is 2. The molecule has 180 valence electrons. The largest absolute Gasteiger partial charge is 0.374 e. The molecule has 0 saturated heterocycles. The molecular formula is C25H36N4O4. The van der Waals surface area contributed by atoms with Gasteiger partial charge < -0.3 is 19.9 Å². The van der Waals surface area contributed by atoms with Crippen LogP contribution < -0.4 is 10.6 Å². The molecule has 2 N–H and O–H groups in total. The molecule has 2 aromatic rings. The fourth-order valence-corrected chi connectivity index (χ4v) is 4.31. The molecule has 0 bridgehead atoms. The van der Waals surface area contributed by atoms with Gasteiger partial charge in [-0.1, -0.05) is 61.2 Å². The van der Waals surface area contributed by atoms with Crippen LogP contribution in [0.4, 0.5) is 0 Å². The number of aryl methyl sites for hydroxylation is 1. The Balaban J connectivity index is 1.39. The molecule has 0 aliphatic heterocycles. The molecule has 8 nitrogen and oxygen atoms in total. The highest BCUT2D eigenvalue weighted by Crippen LogP contribution is 2.34. The number of hydrogen-bond acceptors (Lipinski definition) is 6. The predicted molar refractivity (Wildman–Crippen MR) is 124 cm³/mol. The zero-order chi connectivity index (χ0) is 23.5. The van der Waals surface area contributed by atoms with Crippen molar-refractivity contribution < 1.29 is 18.8 Å².